The van der Waals surface area contributed by atoms with Crippen LogP contribution >= 0.6 is 11.6 Å². The maximum absolute atomic E-state index is 11.4. The Kier molecular flexibility index (Phi) is 2.48. The summed E-state index contributed by atoms with van der Waals surface area (Å²) >= 11 is 5.70. The average molecular weight is 264 g/mol. The first kappa shape index (κ1) is 11.1. The highest BCUT2D eigenvalue weighted by Crippen LogP contribution is 2.22. The van der Waals surface area contributed by atoms with Crippen LogP contribution < -0.4 is 5.76 Å². The molecule has 0 spiro atoms. The first-order valence-electron chi connectivity index (χ1n) is 5.39. The lowest BCUT2D eigenvalue weighted by molar-refractivity contribution is 0.528. The van der Waals surface area contributed by atoms with E-state index in [1.807, 2.05) is 12.1 Å². The molecule has 0 amide bonds. The predicted molar refractivity (Wildman–Crippen MR) is 68.6 cm³/mol. The van der Waals surface area contributed by atoms with Crippen LogP contribution in [0.3, 0.4) is 0 Å². The topological polar surface area (TPSA) is 63.8 Å². The van der Waals surface area contributed by atoms with Crippen molar-refractivity contribution in [3.8, 4) is 11.3 Å². The van der Waals surface area contributed by atoms with Crippen molar-refractivity contribution in [3.63, 3.8) is 0 Å². The number of oxazole rings is 1. The summed E-state index contributed by atoms with van der Waals surface area (Å²) in [5.41, 5.74) is 3.12. The quantitative estimate of drug-likeness (QED) is 0.722. The lowest BCUT2D eigenvalue weighted by atomic mass is 10.1. The smallest absolute Gasteiger partial charge is 0.408 e. The summed E-state index contributed by atoms with van der Waals surface area (Å²) < 4.78 is 6.55. The van der Waals surface area contributed by atoms with E-state index in [1.54, 1.807) is 19.3 Å². The Bertz CT molecular complexity index is 769. The standard InChI is InChI=1S/C12H10ClN3O2/c1-16-9-4-7(2-3-10(9)18-12(16)17)8-6-14-11(5-13)15-8/h2-4,6H,5H2,1H3,(H,14,15). The zero-order valence-corrected chi connectivity index (χ0v) is 10.4. The molecular weight excluding hydrogens is 254 g/mol. The van der Waals surface area contributed by atoms with E-state index in [2.05, 4.69) is 9.97 Å². The molecule has 0 bridgehead atoms. The van der Waals surface area contributed by atoms with E-state index in [9.17, 15) is 4.79 Å². The van der Waals surface area contributed by atoms with Gasteiger partial charge in [-0.2, -0.15) is 0 Å². The molecule has 3 rings (SSSR count). The summed E-state index contributed by atoms with van der Waals surface area (Å²) in [6.07, 6.45) is 1.72. The van der Waals surface area contributed by atoms with Crippen LogP contribution in [0.2, 0.25) is 0 Å². The molecule has 0 radical (unpaired) electrons. The molecular formula is C12H10ClN3O2. The number of rotatable bonds is 2. The summed E-state index contributed by atoms with van der Waals surface area (Å²) in [5.74, 6) is 0.688. The van der Waals surface area contributed by atoms with E-state index in [0.717, 1.165) is 16.8 Å². The maximum atomic E-state index is 11.4. The highest BCUT2D eigenvalue weighted by molar-refractivity contribution is 6.16. The van der Waals surface area contributed by atoms with Crippen LogP contribution in [0.25, 0.3) is 22.4 Å². The number of benzene rings is 1. The van der Waals surface area contributed by atoms with Crippen LogP contribution in [-0.4, -0.2) is 14.5 Å². The third-order valence-corrected chi connectivity index (χ3v) is 3.11. The second-order valence-electron chi connectivity index (χ2n) is 3.99. The summed E-state index contributed by atoms with van der Waals surface area (Å²) in [4.78, 5) is 18.6. The number of hydrogen-bond donors (Lipinski definition) is 1. The fraction of sp³-hybridized carbons (Fsp3) is 0.167. The van der Waals surface area contributed by atoms with Gasteiger partial charge >= 0.3 is 5.76 Å². The molecule has 0 saturated carbocycles. The molecule has 5 nitrogen and oxygen atoms in total. The Hall–Kier alpha value is -2.01. The van der Waals surface area contributed by atoms with Crippen molar-refractivity contribution < 1.29 is 4.42 Å². The second kappa shape index (κ2) is 4.03. The van der Waals surface area contributed by atoms with Gasteiger partial charge in [0.1, 0.15) is 5.82 Å². The normalized spacial score (nSPS) is 11.2. The zero-order valence-electron chi connectivity index (χ0n) is 9.61. The van der Waals surface area contributed by atoms with Crippen molar-refractivity contribution in [3.05, 3.63) is 40.8 Å². The van der Waals surface area contributed by atoms with E-state index in [1.165, 1.54) is 4.57 Å². The Morgan fingerprint density at radius 3 is 3.06 bits per heavy atom. The van der Waals surface area contributed by atoms with Gasteiger partial charge in [-0.05, 0) is 18.2 Å². The van der Waals surface area contributed by atoms with E-state index in [4.69, 9.17) is 16.0 Å². The van der Waals surface area contributed by atoms with Gasteiger partial charge in [-0.3, -0.25) is 4.57 Å². The van der Waals surface area contributed by atoms with Gasteiger partial charge in [-0.15, -0.1) is 11.6 Å². The Morgan fingerprint density at radius 1 is 1.50 bits per heavy atom. The number of fused-ring (bicyclic) bond motifs is 1. The van der Waals surface area contributed by atoms with Crippen LogP contribution in [0, 0.1) is 0 Å². The fourth-order valence-electron chi connectivity index (χ4n) is 1.87. The van der Waals surface area contributed by atoms with Crippen LogP contribution in [0.5, 0.6) is 0 Å². The van der Waals surface area contributed by atoms with Gasteiger partial charge in [0.05, 0.1) is 23.3 Å². The molecule has 0 aliphatic heterocycles. The molecule has 6 heteroatoms. The molecule has 2 heterocycles. The van der Waals surface area contributed by atoms with Crippen molar-refractivity contribution in [1.82, 2.24) is 14.5 Å². The molecule has 0 unspecified atom stereocenters. The molecule has 0 saturated heterocycles. The number of alkyl halides is 1. The molecule has 1 aromatic carbocycles. The maximum Gasteiger partial charge on any atom is 0.419 e. The second-order valence-corrected chi connectivity index (χ2v) is 4.25. The largest absolute Gasteiger partial charge is 0.419 e. The number of aryl methyl sites for hydroxylation is 1. The van der Waals surface area contributed by atoms with Gasteiger partial charge in [-0.25, -0.2) is 9.78 Å². The van der Waals surface area contributed by atoms with Gasteiger partial charge in [0.25, 0.3) is 0 Å². The van der Waals surface area contributed by atoms with Crippen molar-refractivity contribution in [1.29, 1.82) is 0 Å². The van der Waals surface area contributed by atoms with Gasteiger partial charge in [-0.1, -0.05) is 0 Å². The third-order valence-electron chi connectivity index (χ3n) is 2.86. The first-order chi connectivity index (χ1) is 8.69. The number of halogens is 1. The number of nitrogens with one attached hydrogen (secondary N) is 1. The fourth-order valence-corrected chi connectivity index (χ4v) is 2.01. The zero-order chi connectivity index (χ0) is 12.7. The Morgan fingerprint density at radius 2 is 2.33 bits per heavy atom. The predicted octanol–water partition coefficient (Wildman–Crippen LogP) is 2.26. The van der Waals surface area contributed by atoms with Gasteiger partial charge in [0.15, 0.2) is 5.58 Å². The summed E-state index contributed by atoms with van der Waals surface area (Å²) in [6.45, 7) is 0. The third kappa shape index (κ3) is 1.64. The van der Waals surface area contributed by atoms with E-state index < -0.39 is 0 Å². The molecule has 92 valence electrons. The number of aromatic nitrogens is 3. The monoisotopic (exact) mass is 263 g/mol. The number of imidazole rings is 1. The highest BCUT2D eigenvalue weighted by atomic mass is 35.5. The number of hydrogen-bond acceptors (Lipinski definition) is 3. The highest BCUT2D eigenvalue weighted by Gasteiger charge is 2.08. The van der Waals surface area contributed by atoms with Crippen molar-refractivity contribution in [2.75, 3.05) is 0 Å². The SMILES string of the molecule is Cn1c(=O)oc2ccc(-c3cnc(CCl)[nH]3)cc21. The van der Waals surface area contributed by atoms with E-state index in [-0.39, 0.29) is 5.76 Å². The van der Waals surface area contributed by atoms with E-state index >= 15 is 0 Å². The van der Waals surface area contributed by atoms with Crippen LogP contribution in [0.4, 0.5) is 0 Å². The number of aromatic amines is 1. The summed E-state index contributed by atoms with van der Waals surface area (Å²) in [6, 6.07) is 5.52. The summed E-state index contributed by atoms with van der Waals surface area (Å²) in [5, 5.41) is 0. The Balaban J connectivity index is 2.18. The lowest BCUT2D eigenvalue weighted by Crippen LogP contribution is -2.08. The molecule has 3 aromatic rings. The van der Waals surface area contributed by atoms with Gasteiger partial charge < -0.3 is 9.40 Å². The van der Waals surface area contributed by atoms with Crippen molar-refractivity contribution in [2.45, 2.75) is 5.88 Å². The first-order valence-corrected chi connectivity index (χ1v) is 5.92. The minimum Gasteiger partial charge on any atom is -0.408 e. The van der Waals surface area contributed by atoms with Crippen molar-refractivity contribution >= 4 is 22.7 Å². The average Bonchev–Trinajstić information content (AvgIpc) is 2.96. The van der Waals surface area contributed by atoms with Crippen LogP contribution in [-0.2, 0) is 12.9 Å². The number of nitrogens with zero attached hydrogens (tertiary/aromatic N) is 2. The van der Waals surface area contributed by atoms with Crippen LogP contribution in [0.1, 0.15) is 5.82 Å². The Labute approximate surface area is 107 Å². The molecule has 2 aromatic heterocycles. The molecule has 0 atom stereocenters. The lowest BCUT2D eigenvalue weighted by Gasteiger charge is -1.98. The minimum atomic E-state index is -0.367. The molecule has 0 aliphatic rings. The molecule has 0 fully saturated rings. The molecule has 18 heavy (non-hydrogen) atoms. The summed E-state index contributed by atoms with van der Waals surface area (Å²) in [7, 11) is 1.68. The van der Waals surface area contributed by atoms with Crippen LogP contribution in [0.15, 0.2) is 33.6 Å². The molecule has 0 aliphatic carbocycles. The van der Waals surface area contributed by atoms with Crippen molar-refractivity contribution in [2.24, 2.45) is 7.05 Å². The molecule has 1 N–H and O–H groups in total. The number of H-pyrrole nitrogens is 1. The van der Waals surface area contributed by atoms with E-state index in [0.29, 0.717) is 17.3 Å². The minimum absolute atomic E-state index is 0.340. The van der Waals surface area contributed by atoms with Gasteiger partial charge in [0.2, 0.25) is 0 Å². The van der Waals surface area contributed by atoms with Gasteiger partial charge in [0, 0.05) is 12.6 Å².